The summed E-state index contributed by atoms with van der Waals surface area (Å²) < 4.78 is 6.25. The number of piperidine rings is 1. The third kappa shape index (κ3) is 2.78. The van der Waals surface area contributed by atoms with E-state index >= 15 is 0 Å². The lowest BCUT2D eigenvalue weighted by Crippen LogP contribution is -2.39. The van der Waals surface area contributed by atoms with E-state index in [-0.39, 0.29) is 11.8 Å². The van der Waals surface area contributed by atoms with E-state index in [0.717, 1.165) is 28.9 Å². The minimum absolute atomic E-state index is 0.0314. The maximum absolute atomic E-state index is 12.8. The summed E-state index contributed by atoms with van der Waals surface area (Å²) in [6.45, 7) is 2.92. The summed E-state index contributed by atoms with van der Waals surface area (Å²) in [6.07, 6.45) is 1.67. The molecule has 0 saturated carbocycles. The Morgan fingerprint density at radius 3 is 2.74 bits per heavy atom. The number of imidazole rings is 1. The molecule has 1 aliphatic heterocycles. The lowest BCUT2D eigenvalue weighted by molar-refractivity contribution is 0.0709. The molecule has 27 heavy (non-hydrogen) atoms. The molecule has 1 atom stereocenters. The van der Waals surface area contributed by atoms with Crippen LogP contribution in [0.15, 0.2) is 9.59 Å². The first-order valence-corrected chi connectivity index (χ1v) is 9.39. The van der Waals surface area contributed by atoms with Crippen LogP contribution in [0.3, 0.4) is 0 Å². The molecule has 4 heterocycles. The molecule has 142 valence electrons. The van der Waals surface area contributed by atoms with Gasteiger partial charge in [-0.3, -0.25) is 18.7 Å². The fourth-order valence-corrected chi connectivity index (χ4v) is 4.12. The Morgan fingerprint density at radius 2 is 2.04 bits per heavy atom. The zero-order valence-corrected chi connectivity index (χ0v) is 16.0. The number of fused-ring (bicyclic) bond motifs is 1. The van der Waals surface area contributed by atoms with Gasteiger partial charge in [0.15, 0.2) is 5.65 Å². The number of nitrogens with zero attached hydrogens (tertiary/aromatic N) is 6. The molecule has 4 rings (SSSR count). The van der Waals surface area contributed by atoms with E-state index in [2.05, 4.69) is 19.6 Å². The smallest absolute Gasteiger partial charge is 0.332 e. The average molecular weight is 389 g/mol. The predicted molar refractivity (Wildman–Crippen MR) is 99.1 cm³/mol. The van der Waals surface area contributed by atoms with Gasteiger partial charge in [-0.25, -0.2) is 9.78 Å². The minimum Gasteiger partial charge on any atom is -0.337 e. The van der Waals surface area contributed by atoms with Crippen LogP contribution in [0.5, 0.6) is 0 Å². The summed E-state index contributed by atoms with van der Waals surface area (Å²) in [4.78, 5) is 47.1. The van der Waals surface area contributed by atoms with Gasteiger partial charge in [-0.2, -0.15) is 0 Å². The molecule has 1 N–H and O–H groups in total. The standard InChI is InChI=1S/C16H19N7O3S/c1-8-11(27-20-19-8)15(25)23-6-4-5-9(7-23)12-17-10-13(18-12)21(2)16(26)22(3)14(10)24/h9H,4-7H2,1-3H3,(H,17,18). The molecule has 0 radical (unpaired) electrons. The monoisotopic (exact) mass is 389 g/mol. The number of aromatic nitrogens is 6. The van der Waals surface area contributed by atoms with Gasteiger partial charge in [0.2, 0.25) is 0 Å². The second-order valence-electron chi connectivity index (χ2n) is 6.80. The Kier molecular flexibility index (Phi) is 4.17. The van der Waals surface area contributed by atoms with E-state index < -0.39 is 11.2 Å². The van der Waals surface area contributed by atoms with Gasteiger partial charge in [0.05, 0.1) is 5.69 Å². The van der Waals surface area contributed by atoms with Crippen LogP contribution >= 0.6 is 11.5 Å². The van der Waals surface area contributed by atoms with Crippen LogP contribution in [0.4, 0.5) is 0 Å². The second kappa shape index (κ2) is 6.41. The first-order chi connectivity index (χ1) is 12.9. The molecule has 0 bridgehead atoms. The highest BCUT2D eigenvalue weighted by Gasteiger charge is 2.29. The maximum atomic E-state index is 12.8. The molecule has 3 aromatic rings. The van der Waals surface area contributed by atoms with Crippen molar-refractivity contribution in [1.82, 2.24) is 33.6 Å². The highest BCUT2D eigenvalue weighted by Crippen LogP contribution is 2.27. The van der Waals surface area contributed by atoms with Crippen molar-refractivity contribution in [2.75, 3.05) is 13.1 Å². The van der Waals surface area contributed by atoms with E-state index in [1.165, 1.54) is 11.6 Å². The first-order valence-electron chi connectivity index (χ1n) is 8.62. The molecule has 0 spiro atoms. The number of carbonyl (C=O) groups is 1. The van der Waals surface area contributed by atoms with Crippen molar-refractivity contribution in [2.24, 2.45) is 14.1 Å². The maximum Gasteiger partial charge on any atom is 0.332 e. The molecule has 11 heteroatoms. The molecule has 1 saturated heterocycles. The van der Waals surface area contributed by atoms with Gasteiger partial charge in [0.25, 0.3) is 11.5 Å². The van der Waals surface area contributed by atoms with Gasteiger partial charge in [0, 0.05) is 33.1 Å². The van der Waals surface area contributed by atoms with Crippen molar-refractivity contribution in [3.63, 3.8) is 0 Å². The normalized spacial score (nSPS) is 17.6. The number of hydrogen-bond acceptors (Lipinski definition) is 7. The second-order valence-corrected chi connectivity index (χ2v) is 7.56. The Bertz CT molecular complexity index is 1160. The van der Waals surface area contributed by atoms with Crippen molar-refractivity contribution in [3.05, 3.63) is 37.2 Å². The van der Waals surface area contributed by atoms with Crippen molar-refractivity contribution < 1.29 is 4.79 Å². The average Bonchev–Trinajstić information content (AvgIpc) is 3.31. The largest absolute Gasteiger partial charge is 0.337 e. The van der Waals surface area contributed by atoms with Crippen LogP contribution in [-0.2, 0) is 14.1 Å². The van der Waals surface area contributed by atoms with Crippen molar-refractivity contribution in [2.45, 2.75) is 25.7 Å². The number of rotatable bonds is 2. The van der Waals surface area contributed by atoms with Crippen LogP contribution in [0.25, 0.3) is 11.2 Å². The van der Waals surface area contributed by atoms with Gasteiger partial charge in [-0.1, -0.05) is 4.49 Å². The topological polar surface area (TPSA) is 119 Å². The van der Waals surface area contributed by atoms with E-state index in [4.69, 9.17) is 0 Å². The first kappa shape index (κ1) is 17.6. The van der Waals surface area contributed by atoms with Crippen LogP contribution in [-0.4, -0.2) is 52.6 Å². The number of aromatic amines is 1. The number of hydrogen-bond donors (Lipinski definition) is 1. The Hall–Kier alpha value is -2.82. The molecule has 0 aromatic carbocycles. The van der Waals surface area contributed by atoms with Crippen molar-refractivity contribution in [3.8, 4) is 0 Å². The third-order valence-electron chi connectivity index (χ3n) is 5.05. The number of carbonyl (C=O) groups excluding carboxylic acids is 1. The summed E-state index contributed by atoms with van der Waals surface area (Å²) in [5.41, 5.74) is 0.458. The fraction of sp³-hybridized carbons (Fsp3) is 0.500. The molecule has 1 aliphatic rings. The molecule has 1 fully saturated rings. The summed E-state index contributed by atoms with van der Waals surface area (Å²) in [5.74, 6) is 0.516. The third-order valence-corrected chi connectivity index (χ3v) is 5.87. The van der Waals surface area contributed by atoms with Crippen molar-refractivity contribution in [1.29, 1.82) is 0 Å². The molecule has 3 aromatic heterocycles. The predicted octanol–water partition coefficient (Wildman–Crippen LogP) is 0.140. The van der Waals surface area contributed by atoms with Gasteiger partial charge in [-0.15, -0.1) is 5.10 Å². The van der Waals surface area contributed by atoms with Gasteiger partial charge < -0.3 is 9.88 Å². The fourth-order valence-electron chi connectivity index (χ4n) is 3.49. The number of likely N-dealkylation sites (tertiary alicyclic amines) is 1. The number of aryl methyl sites for hydroxylation is 2. The molecule has 10 nitrogen and oxygen atoms in total. The van der Waals surface area contributed by atoms with Crippen LogP contribution in [0.2, 0.25) is 0 Å². The van der Waals surface area contributed by atoms with E-state index in [1.54, 1.807) is 18.9 Å². The van der Waals surface area contributed by atoms with Gasteiger partial charge in [0.1, 0.15) is 16.2 Å². The number of amides is 1. The zero-order valence-electron chi connectivity index (χ0n) is 15.2. The molecule has 0 aliphatic carbocycles. The lowest BCUT2D eigenvalue weighted by Gasteiger charge is -2.31. The Balaban J connectivity index is 1.68. The highest BCUT2D eigenvalue weighted by atomic mass is 32.1. The SMILES string of the molecule is Cc1nnsc1C(=O)N1CCCC(c2nc3c([nH]2)c(=O)n(C)c(=O)n3C)C1. The summed E-state index contributed by atoms with van der Waals surface area (Å²) in [7, 11) is 3.03. The lowest BCUT2D eigenvalue weighted by atomic mass is 9.97. The molecule has 1 amide bonds. The van der Waals surface area contributed by atoms with Crippen LogP contribution in [0, 0.1) is 6.92 Å². The summed E-state index contributed by atoms with van der Waals surface area (Å²) >= 11 is 1.10. The van der Waals surface area contributed by atoms with Gasteiger partial charge >= 0.3 is 5.69 Å². The number of H-pyrrole nitrogens is 1. The Labute approximate surface area is 157 Å². The molecule has 1 unspecified atom stereocenters. The highest BCUT2D eigenvalue weighted by molar-refractivity contribution is 7.07. The molecular formula is C16H19N7O3S. The van der Waals surface area contributed by atoms with E-state index in [0.29, 0.717) is 40.6 Å². The number of nitrogens with one attached hydrogen (secondary N) is 1. The van der Waals surface area contributed by atoms with Crippen molar-refractivity contribution >= 4 is 28.6 Å². The van der Waals surface area contributed by atoms with Crippen LogP contribution < -0.4 is 11.2 Å². The van der Waals surface area contributed by atoms with E-state index in [9.17, 15) is 14.4 Å². The zero-order chi connectivity index (χ0) is 19.3. The summed E-state index contributed by atoms with van der Waals surface area (Å²) in [5, 5.41) is 3.91. The quantitative estimate of drug-likeness (QED) is 0.666. The van der Waals surface area contributed by atoms with Gasteiger partial charge in [-0.05, 0) is 31.3 Å². The van der Waals surface area contributed by atoms with E-state index in [1.807, 2.05) is 0 Å². The van der Waals surface area contributed by atoms with Crippen LogP contribution in [0.1, 0.15) is 39.9 Å². The Morgan fingerprint density at radius 1 is 1.26 bits per heavy atom. The summed E-state index contributed by atoms with van der Waals surface area (Å²) in [6, 6.07) is 0. The minimum atomic E-state index is -0.417. The molecular weight excluding hydrogens is 370 g/mol.